The van der Waals surface area contributed by atoms with Crippen molar-refractivity contribution in [3.63, 3.8) is 0 Å². The zero-order valence-electron chi connectivity index (χ0n) is 14.0. The lowest BCUT2D eigenvalue weighted by Gasteiger charge is -2.30. The maximum atomic E-state index is 5.25. The molecule has 2 aromatic carbocycles. The van der Waals surface area contributed by atoms with Crippen LogP contribution in [0.15, 0.2) is 54.7 Å². The van der Waals surface area contributed by atoms with Gasteiger partial charge in [-0.15, -0.1) is 5.10 Å². The summed E-state index contributed by atoms with van der Waals surface area (Å²) in [4.78, 5) is 6.85. The Hall–Kier alpha value is -3.15. The molecule has 0 amide bonds. The molecule has 1 aromatic heterocycles. The van der Waals surface area contributed by atoms with Crippen LogP contribution in [0.1, 0.15) is 12.0 Å². The smallest absolute Gasteiger partial charge is 0.249 e. The number of fused-ring (bicyclic) bond motifs is 1. The highest BCUT2D eigenvalue weighted by molar-refractivity contribution is 5.66. The molecule has 0 unspecified atom stereocenters. The molecule has 6 nitrogen and oxygen atoms in total. The van der Waals surface area contributed by atoms with Gasteiger partial charge in [-0.05, 0) is 36.6 Å². The lowest BCUT2D eigenvalue weighted by atomic mass is 10.0. The molecule has 6 heteroatoms. The quantitative estimate of drug-likeness (QED) is 0.785. The van der Waals surface area contributed by atoms with E-state index in [1.165, 1.54) is 11.3 Å². The van der Waals surface area contributed by atoms with Gasteiger partial charge in [-0.1, -0.05) is 24.3 Å². The van der Waals surface area contributed by atoms with E-state index >= 15 is 0 Å². The second-order valence-electron chi connectivity index (χ2n) is 5.88. The Morgan fingerprint density at radius 2 is 2.04 bits per heavy atom. The molecule has 0 spiro atoms. The SMILES string of the molecule is COc1cccc(Nc2nncc(N3CCCc4ccccc43)n2)c1. The van der Waals surface area contributed by atoms with Gasteiger partial charge in [0.2, 0.25) is 5.95 Å². The van der Waals surface area contributed by atoms with E-state index < -0.39 is 0 Å². The topological polar surface area (TPSA) is 63.2 Å². The maximum absolute atomic E-state index is 5.25. The minimum Gasteiger partial charge on any atom is -0.497 e. The van der Waals surface area contributed by atoms with Crippen molar-refractivity contribution in [2.24, 2.45) is 0 Å². The molecule has 0 fully saturated rings. The Labute approximate surface area is 146 Å². The molecule has 1 N–H and O–H groups in total. The number of anilines is 4. The predicted molar refractivity (Wildman–Crippen MR) is 97.9 cm³/mol. The largest absolute Gasteiger partial charge is 0.497 e. The highest BCUT2D eigenvalue weighted by atomic mass is 16.5. The van der Waals surface area contributed by atoms with Crippen LogP contribution in [0.3, 0.4) is 0 Å². The number of benzene rings is 2. The van der Waals surface area contributed by atoms with Crippen molar-refractivity contribution >= 4 is 23.1 Å². The standard InChI is InChI=1S/C19H19N5O/c1-25-16-9-4-8-15(12-16)21-19-22-18(13-20-23-19)24-11-5-7-14-6-2-3-10-17(14)24/h2-4,6,8-10,12-13H,5,7,11H2,1H3,(H,21,22,23). The Balaban J connectivity index is 1.62. The third-order valence-corrected chi connectivity index (χ3v) is 4.26. The van der Waals surface area contributed by atoms with Crippen molar-refractivity contribution in [2.45, 2.75) is 12.8 Å². The van der Waals surface area contributed by atoms with E-state index in [2.05, 4.69) is 49.7 Å². The van der Waals surface area contributed by atoms with Gasteiger partial charge in [0.1, 0.15) is 5.75 Å². The van der Waals surface area contributed by atoms with Crippen molar-refractivity contribution in [2.75, 3.05) is 23.9 Å². The molecule has 126 valence electrons. The van der Waals surface area contributed by atoms with E-state index in [-0.39, 0.29) is 0 Å². The van der Waals surface area contributed by atoms with Crippen LogP contribution >= 0.6 is 0 Å². The third-order valence-electron chi connectivity index (χ3n) is 4.26. The number of methoxy groups -OCH3 is 1. The Morgan fingerprint density at radius 1 is 1.12 bits per heavy atom. The number of nitrogens with one attached hydrogen (secondary N) is 1. The van der Waals surface area contributed by atoms with E-state index in [1.54, 1.807) is 13.3 Å². The lowest BCUT2D eigenvalue weighted by molar-refractivity contribution is 0.415. The van der Waals surface area contributed by atoms with Crippen molar-refractivity contribution in [1.82, 2.24) is 15.2 Å². The van der Waals surface area contributed by atoms with Gasteiger partial charge < -0.3 is 15.0 Å². The minimum absolute atomic E-state index is 0.466. The fourth-order valence-electron chi connectivity index (χ4n) is 3.08. The molecule has 0 radical (unpaired) electrons. The number of hydrogen-bond acceptors (Lipinski definition) is 6. The first-order valence-corrected chi connectivity index (χ1v) is 8.30. The van der Waals surface area contributed by atoms with Crippen molar-refractivity contribution in [3.8, 4) is 5.75 Å². The van der Waals surface area contributed by atoms with Crippen LogP contribution in [0.5, 0.6) is 5.75 Å². The average molecular weight is 333 g/mol. The Morgan fingerprint density at radius 3 is 2.96 bits per heavy atom. The van der Waals surface area contributed by atoms with Gasteiger partial charge in [-0.2, -0.15) is 10.1 Å². The highest BCUT2D eigenvalue weighted by Crippen LogP contribution is 2.32. The first-order chi connectivity index (χ1) is 12.3. The van der Waals surface area contributed by atoms with Gasteiger partial charge in [0, 0.05) is 24.0 Å². The van der Waals surface area contributed by atoms with Crippen LogP contribution in [-0.2, 0) is 6.42 Å². The molecule has 0 saturated carbocycles. The summed E-state index contributed by atoms with van der Waals surface area (Å²) in [6, 6.07) is 16.1. The molecular formula is C19H19N5O. The summed E-state index contributed by atoms with van der Waals surface area (Å²) < 4.78 is 5.25. The summed E-state index contributed by atoms with van der Waals surface area (Å²) in [5.74, 6) is 2.04. The molecule has 0 bridgehead atoms. The molecule has 25 heavy (non-hydrogen) atoms. The molecular weight excluding hydrogens is 314 g/mol. The normalized spacial score (nSPS) is 13.2. The second-order valence-corrected chi connectivity index (χ2v) is 5.88. The number of aryl methyl sites for hydroxylation is 1. The van der Waals surface area contributed by atoms with Crippen molar-refractivity contribution in [3.05, 3.63) is 60.3 Å². The summed E-state index contributed by atoms with van der Waals surface area (Å²) in [5.41, 5.74) is 3.40. The van der Waals surface area contributed by atoms with Gasteiger partial charge in [-0.3, -0.25) is 0 Å². The minimum atomic E-state index is 0.466. The molecule has 0 saturated heterocycles. The molecule has 2 heterocycles. The number of hydrogen-bond donors (Lipinski definition) is 1. The van der Waals surface area contributed by atoms with Crippen LogP contribution in [0.4, 0.5) is 23.1 Å². The molecule has 3 aromatic rings. The third kappa shape index (κ3) is 3.24. The molecule has 1 aliphatic rings. The molecule has 1 aliphatic heterocycles. The average Bonchev–Trinajstić information content (AvgIpc) is 2.68. The first-order valence-electron chi connectivity index (χ1n) is 8.30. The second kappa shape index (κ2) is 6.76. The maximum Gasteiger partial charge on any atom is 0.249 e. The Bertz CT molecular complexity index is 883. The van der Waals surface area contributed by atoms with Gasteiger partial charge in [0.05, 0.1) is 13.3 Å². The van der Waals surface area contributed by atoms with Gasteiger partial charge in [0.15, 0.2) is 5.82 Å². The monoisotopic (exact) mass is 333 g/mol. The summed E-state index contributed by atoms with van der Waals surface area (Å²) in [6.45, 7) is 0.925. The summed E-state index contributed by atoms with van der Waals surface area (Å²) >= 11 is 0. The van der Waals surface area contributed by atoms with Crippen LogP contribution in [-0.4, -0.2) is 28.8 Å². The zero-order valence-corrected chi connectivity index (χ0v) is 14.0. The van der Waals surface area contributed by atoms with E-state index in [0.717, 1.165) is 36.6 Å². The van der Waals surface area contributed by atoms with E-state index in [4.69, 9.17) is 4.74 Å². The van der Waals surface area contributed by atoms with Gasteiger partial charge >= 0.3 is 0 Å². The van der Waals surface area contributed by atoms with Crippen LogP contribution in [0, 0.1) is 0 Å². The lowest BCUT2D eigenvalue weighted by Crippen LogP contribution is -2.25. The van der Waals surface area contributed by atoms with Gasteiger partial charge in [0.25, 0.3) is 0 Å². The van der Waals surface area contributed by atoms with Gasteiger partial charge in [-0.25, -0.2) is 0 Å². The number of para-hydroxylation sites is 1. The Kier molecular flexibility index (Phi) is 4.16. The molecule has 0 aliphatic carbocycles. The van der Waals surface area contributed by atoms with Crippen LogP contribution < -0.4 is 15.0 Å². The molecule has 4 rings (SSSR count). The predicted octanol–water partition coefficient (Wildman–Crippen LogP) is 3.71. The van der Waals surface area contributed by atoms with E-state index in [9.17, 15) is 0 Å². The van der Waals surface area contributed by atoms with E-state index in [1.807, 2.05) is 24.3 Å². The van der Waals surface area contributed by atoms with Crippen LogP contribution in [0.2, 0.25) is 0 Å². The fraction of sp³-hybridized carbons (Fsp3) is 0.211. The molecule has 0 atom stereocenters. The van der Waals surface area contributed by atoms with Crippen molar-refractivity contribution in [1.29, 1.82) is 0 Å². The summed E-state index contributed by atoms with van der Waals surface area (Å²) in [6.07, 6.45) is 3.90. The summed E-state index contributed by atoms with van der Waals surface area (Å²) in [7, 11) is 1.64. The highest BCUT2D eigenvalue weighted by Gasteiger charge is 2.19. The number of rotatable bonds is 4. The van der Waals surface area contributed by atoms with E-state index in [0.29, 0.717) is 5.95 Å². The first kappa shape index (κ1) is 15.4. The number of ether oxygens (including phenoxy) is 1. The zero-order chi connectivity index (χ0) is 17.1. The fourth-order valence-corrected chi connectivity index (χ4v) is 3.08. The number of nitrogens with zero attached hydrogens (tertiary/aromatic N) is 4. The summed E-state index contributed by atoms with van der Waals surface area (Å²) in [5, 5.41) is 11.4. The van der Waals surface area contributed by atoms with Crippen molar-refractivity contribution < 1.29 is 4.74 Å². The number of aromatic nitrogens is 3. The van der Waals surface area contributed by atoms with Crippen LogP contribution in [0.25, 0.3) is 0 Å².